The highest BCUT2D eigenvalue weighted by molar-refractivity contribution is 5.96. The lowest BCUT2D eigenvalue weighted by atomic mass is 10.1. The van der Waals surface area contributed by atoms with Gasteiger partial charge in [0.05, 0.1) is 6.04 Å². The van der Waals surface area contributed by atoms with Gasteiger partial charge >= 0.3 is 6.03 Å². The number of hydrogen-bond donors (Lipinski definition) is 1. The van der Waals surface area contributed by atoms with Gasteiger partial charge in [0.25, 0.3) is 0 Å². The minimum Gasteiger partial charge on any atom is -0.454 e. The van der Waals surface area contributed by atoms with E-state index < -0.39 is 0 Å². The third kappa shape index (κ3) is 4.29. The number of benzene rings is 2. The van der Waals surface area contributed by atoms with Gasteiger partial charge in [-0.2, -0.15) is 0 Å². The molecule has 3 heterocycles. The van der Waals surface area contributed by atoms with Crippen molar-refractivity contribution >= 4 is 17.6 Å². The Morgan fingerprint density at radius 1 is 1.00 bits per heavy atom. The van der Waals surface area contributed by atoms with Crippen molar-refractivity contribution in [1.82, 2.24) is 15.1 Å². The number of carbonyl (C=O) groups is 2. The second kappa shape index (κ2) is 8.47. The minimum absolute atomic E-state index is 0.0463. The maximum atomic E-state index is 12.7. The molecule has 8 heteroatoms. The molecular formula is C23H26N4O4. The first-order chi connectivity index (χ1) is 15.2. The number of ether oxygens (including phenoxy) is 2. The Balaban J connectivity index is 1.10. The largest absolute Gasteiger partial charge is 0.454 e. The number of fused-ring (bicyclic) bond motifs is 1. The normalized spacial score (nSPS) is 20.9. The van der Waals surface area contributed by atoms with Gasteiger partial charge in [-0.3, -0.25) is 9.69 Å². The summed E-state index contributed by atoms with van der Waals surface area (Å²) in [5.74, 6) is 1.64. The molecule has 2 aromatic carbocycles. The number of urea groups is 1. The molecule has 162 valence electrons. The molecule has 0 aromatic heterocycles. The van der Waals surface area contributed by atoms with Crippen LogP contribution in [0.2, 0.25) is 0 Å². The Morgan fingerprint density at radius 2 is 1.77 bits per heavy atom. The van der Waals surface area contributed by atoms with E-state index in [1.165, 1.54) is 5.56 Å². The van der Waals surface area contributed by atoms with Crippen LogP contribution in [0.3, 0.4) is 0 Å². The average molecular weight is 422 g/mol. The first-order valence-electron chi connectivity index (χ1n) is 10.7. The first-order valence-corrected chi connectivity index (χ1v) is 10.7. The highest BCUT2D eigenvalue weighted by Gasteiger charge is 2.33. The van der Waals surface area contributed by atoms with E-state index in [4.69, 9.17) is 9.47 Å². The van der Waals surface area contributed by atoms with Crippen LogP contribution >= 0.6 is 0 Å². The summed E-state index contributed by atoms with van der Waals surface area (Å²) in [6.07, 6.45) is 0.338. The molecule has 0 radical (unpaired) electrons. The van der Waals surface area contributed by atoms with Gasteiger partial charge in [0.15, 0.2) is 11.5 Å². The average Bonchev–Trinajstić information content (AvgIpc) is 3.40. The maximum absolute atomic E-state index is 12.7. The van der Waals surface area contributed by atoms with Crippen LogP contribution in [0.1, 0.15) is 12.0 Å². The summed E-state index contributed by atoms with van der Waals surface area (Å²) < 4.78 is 10.8. The smallest absolute Gasteiger partial charge is 0.317 e. The summed E-state index contributed by atoms with van der Waals surface area (Å²) in [7, 11) is 0. The van der Waals surface area contributed by atoms with Crippen LogP contribution < -0.4 is 19.7 Å². The van der Waals surface area contributed by atoms with Crippen LogP contribution in [-0.2, 0) is 11.3 Å². The summed E-state index contributed by atoms with van der Waals surface area (Å²) in [4.78, 5) is 31.0. The van der Waals surface area contributed by atoms with Crippen LogP contribution in [0.5, 0.6) is 11.5 Å². The van der Waals surface area contributed by atoms with Gasteiger partial charge in [0.2, 0.25) is 12.7 Å². The van der Waals surface area contributed by atoms with Gasteiger partial charge in [0, 0.05) is 51.4 Å². The number of piperazine rings is 1. The van der Waals surface area contributed by atoms with E-state index in [1.54, 1.807) is 4.90 Å². The molecule has 2 aromatic rings. The summed E-state index contributed by atoms with van der Waals surface area (Å²) in [5, 5.41) is 3.05. The Hall–Kier alpha value is -3.26. The summed E-state index contributed by atoms with van der Waals surface area (Å²) in [6, 6.07) is 15.4. The fourth-order valence-electron chi connectivity index (χ4n) is 4.33. The Kier molecular flexibility index (Phi) is 5.38. The van der Waals surface area contributed by atoms with Crippen molar-refractivity contribution in [2.45, 2.75) is 19.0 Å². The molecule has 2 fully saturated rings. The van der Waals surface area contributed by atoms with Gasteiger partial charge < -0.3 is 24.6 Å². The SMILES string of the molecule is O=C(N[C@H]1CC(=O)N(c2ccccc2)C1)N1CCN(Cc2ccc3c(c2)OCO3)CC1. The van der Waals surface area contributed by atoms with Crippen molar-refractivity contribution in [3.8, 4) is 11.5 Å². The fourth-order valence-corrected chi connectivity index (χ4v) is 4.33. The Morgan fingerprint density at radius 3 is 2.58 bits per heavy atom. The van der Waals surface area contributed by atoms with E-state index >= 15 is 0 Å². The fraction of sp³-hybridized carbons (Fsp3) is 0.391. The third-order valence-electron chi connectivity index (χ3n) is 6.02. The van der Waals surface area contributed by atoms with E-state index in [2.05, 4.69) is 16.3 Å². The molecule has 0 bridgehead atoms. The lowest BCUT2D eigenvalue weighted by Gasteiger charge is -2.35. The standard InChI is InChI=1S/C23H26N4O4/c28-22-13-18(15-27(22)19-4-2-1-3-5-19)24-23(29)26-10-8-25(9-11-26)14-17-6-7-20-21(12-17)31-16-30-20/h1-7,12,18H,8-11,13-16H2,(H,24,29)/t18-/m0/s1. The number of carbonyl (C=O) groups excluding carboxylic acids is 2. The second-order valence-electron chi connectivity index (χ2n) is 8.14. The number of anilines is 1. The number of amides is 3. The molecule has 3 amide bonds. The maximum Gasteiger partial charge on any atom is 0.317 e. The number of para-hydroxylation sites is 1. The van der Waals surface area contributed by atoms with E-state index in [1.807, 2.05) is 47.4 Å². The quantitative estimate of drug-likeness (QED) is 0.816. The molecule has 31 heavy (non-hydrogen) atoms. The van der Waals surface area contributed by atoms with Crippen LogP contribution in [0.4, 0.5) is 10.5 Å². The summed E-state index contributed by atoms with van der Waals surface area (Å²) in [5.41, 5.74) is 2.05. The van der Waals surface area contributed by atoms with Gasteiger partial charge in [-0.05, 0) is 29.8 Å². The minimum atomic E-state index is -0.160. The van der Waals surface area contributed by atoms with E-state index in [9.17, 15) is 9.59 Å². The first kappa shape index (κ1) is 19.7. The molecule has 2 saturated heterocycles. The molecule has 0 spiro atoms. The number of rotatable bonds is 4. The number of nitrogens with one attached hydrogen (secondary N) is 1. The zero-order chi connectivity index (χ0) is 21.2. The highest BCUT2D eigenvalue weighted by atomic mass is 16.7. The predicted octanol–water partition coefficient (Wildman–Crippen LogP) is 2.05. The van der Waals surface area contributed by atoms with Gasteiger partial charge in [-0.1, -0.05) is 24.3 Å². The van der Waals surface area contributed by atoms with Gasteiger partial charge in [-0.15, -0.1) is 0 Å². The molecule has 8 nitrogen and oxygen atoms in total. The van der Waals surface area contributed by atoms with Crippen molar-refractivity contribution in [2.75, 3.05) is 44.4 Å². The van der Waals surface area contributed by atoms with Crippen LogP contribution in [0.15, 0.2) is 48.5 Å². The molecule has 1 atom stereocenters. The zero-order valence-corrected chi connectivity index (χ0v) is 17.3. The van der Waals surface area contributed by atoms with E-state index in [0.29, 0.717) is 26.1 Å². The van der Waals surface area contributed by atoms with Crippen molar-refractivity contribution < 1.29 is 19.1 Å². The summed E-state index contributed by atoms with van der Waals surface area (Å²) >= 11 is 0. The summed E-state index contributed by atoms with van der Waals surface area (Å²) in [6.45, 7) is 4.55. The molecule has 0 unspecified atom stereocenters. The lowest BCUT2D eigenvalue weighted by Crippen LogP contribution is -2.53. The molecule has 1 N–H and O–H groups in total. The van der Waals surface area contributed by atoms with Crippen LogP contribution in [-0.4, -0.2) is 67.3 Å². The monoisotopic (exact) mass is 422 g/mol. The number of hydrogen-bond acceptors (Lipinski definition) is 5. The van der Waals surface area contributed by atoms with Gasteiger partial charge in [0.1, 0.15) is 0 Å². The third-order valence-corrected chi connectivity index (χ3v) is 6.02. The van der Waals surface area contributed by atoms with Gasteiger partial charge in [-0.25, -0.2) is 4.79 Å². The van der Waals surface area contributed by atoms with Crippen molar-refractivity contribution in [2.24, 2.45) is 0 Å². The molecule has 3 aliphatic rings. The lowest BCUT2D eigenvalue weighted by molar-refractivity contribution is -0.117. The van der Waals surface area contributed by atoms with Crippen molar-refractivity contribution in [3.05, 3.63) is 54.1 Å². The predicted molar refractivity (Wildman–Crippen MR) is 115 cm³/mol. The number of nitrogens with zero attached hydrogens (tertiary/aromatic N) is 3. The van der Waals surface area contributed by atoms with Crippen molar-refractivity contribution in [3.63, 3.8) is 0 Å². The molecule has 0 saturated carbocycles. The zero-order valence-electron chi connectivity index (χ0n) is 17.3. The topological polar surface area (TPSA) is 74.4 Å². The van der Waals surface area contributed by atoms with Crippen LogP contribution in [0, 0.1) is 0 Å². The Bertz CT molecular complexity index is 959. The van der Waals surface area contributed by atoms with Crippen molar-refractivity contribution in [1.29, 1.82) is 0 Å². The molecular weight excluding hydrogens is 396 g/mol. The molecule has 5 rings (SSSR count). The van der Waals surface area contributed by atoms with E-state index in [-0.39, 0.29) is 24.8 Å². The van der Waals surface area contributed by atoms with Crippen LogP contribution in [0.25, 0.3) is 0 Å². The molecule has 0 aliphatic carbocycles. The second-order valence-corrected chi connectivity index (χ2v) is 8.14. The molecule has 3 aliphatic heterocycles. The van der Waals surface area contributed by atoms with E-state index in [0.717, 1.165) is 36.8 Å². The highest BCUT2D eigenvalue weighted by Crippen LogP contribution is 2.32. The Labute approximate surface area is 181 Å².